The first kappa shape index (κ1) is 21.5. The third-order valence-corrected chi connectivity index (χ3v) is 6.67. The topological polar surface area (TPSA) is 41.7 Å². The van der Waals surface area contributed by atoms with Crippen LogP contribution in [-0.2, 0) is 24.4 Å². The van der Waals surface area contributed by atoms with Gasteiger partial charge >= 0.3 is 0 Å². The molecule has 4 rings (SSSR count). The highest BCUT2D eigenvalue weighted by molar-refractivity contribution is 5.10. The van der Waals surface area contributed by atoms with Crippen molar-refractivity contribution in [2.24, 2.45) is 5.92 Å². The molecule has 0 N–H and O–H groups in total. The van der Waals surface area contributed by atoms with Crippen molar-refractivity contribution < 1.29 is 9.15 Å². The van der Waals surface area contributed by atoms with E-state index < -0.39 is 0 Å². The standard InChI is InChI=1S/C25H37N3O2/c1-29-20-25-12-11-24(30-25)19-27(16-21-7-5-13-26-15-21)17-22-8-6-14-28(18-22)23-9-3-2-4-10-23/h5,7,11-13,15,22-23H,2-4,6,8-10,14,16-20H2,1H3/t22-/m0/s1. The predicted octanol–water partition coefficient (Wildman–Crippen LogP) is 4.87. The number of aromatic nitrogens is 1. The fourth-order valence-corrected chi connectivity index (χ4v) is 5.27. The first-order valence-corrected chi connectivity index (χ1v) is 11.7. The number of piperidine rings is 1. The number of ether oxygens (including phenoxy) is 1. The number of likely N-dealkylation sites (tertiary alicyclic amines) is 1. The van der Waals surface area contributed by atoms with Crippen LogP contribution < -0.4 is 0 Å². The summed E-state index contributed by atoms with van der Waals surface area (Å²) in [5.74, 6) is 2.65. The van der Waals surface area contributed by atoms with Crippen molar-refractivity contribution in [1.29, 1.82) is 0 Å². The van der Waals surface area contributed by atoms with E-state index in [9.17, 15) is 0 Å². The Hall–Kier alpha value is -1.69. The molecule has 164 valence electrons. The number of pyridine rings is 1. The molecule has 2 aromatic rings. The number of hydrogen-bond donors (Lipinski definition) is 0. The van der Waals surface area contributed by atoms with Gasteiger partial charge in [0.05, 0.1) is 6.54 Å². The highest BCUT2D eigenvalue weighted by atomic mass is 16.5. The summed E-state index contributed by atoms with van der Waals surface area (Å²) in [4.78, 5) is 9.67. The number of methoxy groups -OCH3 is 1. The molecule has 3 heterocycles. The van der Waals surface area contributed by atoms with Crippen LogP contribution in [0.25, 0.3) is 0 Å². The highest BCUT2D eigenvalue weighted by Gasteiger charge is 2.28. The van der Waals surface area contributed by atoms with Gasteiger partial charge in [0.1, 0.15) is 18.1 Å². The van der Waals surface area contributed by atoms with Crippen molar-refractivity contribution in [1.82, 2.24) is 14.8 Å². The van der Waals surface area contributed by atoms with E-state index in [1.54, 1.807) is 7.11 Å². The summed E-state index contributed by atoms with van der Waals surface area (Å²) in [6, 6.07) is 9.16. The Bertz CT molecular complexity index is 742. The first-order chi connectivity index (χ1) is 14.8. The van der Waals surface area contributed by atoms with Gasteiger partial charge in [-0.25, -0.2) is 0 Å². The van der Waals surface area contributed by atoms with E-state index in [0.29, 0.717) is 6.61 Å². The highest BCUT2D eigenvalue weighted by Crippen LogP contribution is 2.28. The lowest BCUT2D eigenvalue weighted by atomic mass is 9.90. The smallest absolute Gasteiger partial charge is 0.129 e. The second-order valence-electron chi connectivity index (χ2n) is 9.13. The zero-order chi connectivity index (χ0) is 20.6. The molecule has 0 amide bonds. The minimum absolute atomic E-state index is 0.529. The summed E-state index contributed by atoms with van der Waals surface area (Å²) < 4.78 is 11.2. The summed E-state index contributed by atoms with van der Waals surface area (Å²) in [5, 5.41) is 0. The maximum absolute atomic E-state index is 6.01. The minimum Gasteiger partial charge on any atom is -0.462 e. The van der Waals surface area contributed by atoms with Crippen LogP contribution in [0.15, 0.2) is 41.1 Å². The Labute approximate surface area is 181 Å². The van der Waals surface area contributed by atoms with Gasteiger partial charge in [0.25, 0.3) is 0 Å². The van der Waals surface area contributed by atoms with Crippen molar-refractivity contribution in [3.8, 4) is 0 Å². The maximum atomic E-state index is 6.01. The lowest BCUT2D eigenvalue weighted by Crippen LogP contribution is -2.46. The van der Waals surface area contributed by atoms with Crippen LogP contribution in [0.3, 0.4) is 0 Å². The maximum Gasteiger partial charge on any atom is 0.129 e. The molecule has 2 aliphatic rings. The van der Waals surface area contributed by atoms with Crippen molar-refractivity contribution >= 4 is 0 Å². The van der Waals surface area contributed by atoms with E-state index in [1.165, 1.54) is 63.6 Å². The van der Waals surface area contributed by atoms with E-state index in [4.69, 9.17) is 9.15 Å². The van der Waals surface area contributed by atoms with Crippen molar-refractivity contribution in [2.45, 2.75) is 70.7 Å². The van der Waals surface area contributed by atoms with Gasteiger partial charge in [0.15, 0.2) is 0 Å². The molecule has 5 heteroatoms. The number of hydrogen-bond acceptors (Lipinski definition) is 5. The van der Waals surface area contributed by atoms with Crippen molar-refractivity contribution in [3.63, 3.8) is 0 Å². The molecule has 1 saturated carbocycles. The number of nitrogens with zero attached hydrogens (tertiary/aromatic N) is 3. The quantitative estimate of drug-likeness (QED) is 0.589. The molecule has 30 heavy (non-hydrogen) atoms. The minimum atomic E-state index is 0.529. The van der Waals surface area contributed by atoms with E-state index >= 15 is 0 Å². The number of rotatable bonds is 9. The van der Waals surface area contributed by atoms with Gasteiger partial charge < -0.3 is 14.1 Å². The zero-order valence-electron chi connectivity index (χ0n) is 18.5. The molecule has 1 saturated heterocycles. The van der Waals surface area contributed by atoms with E-state index in [0.717, 1.165) is 43.1 Å². The first-order valence-electron chi connectivity index (χ1n) is 11.7. The van der Waals surface area contributed by atoms with Gasteiger partial charge in [0, 0.05) is 45.2 Å². The molecule has 0 unspecified atom stereocenters. The molecule has 5 nitrogen and oxygen atoms in total. The van der Waals surface area contributed by atoms with Crippen LogP contribution in [0.1, 0.15) is 62.0 Å². The fraction of sp³-hybridized carbons (Fsp3) is 0.640. The largest absolute Gasteiger partial charge is 0.462 e. The lowest BCUT2D eigenvalue weighted by molar-refractivity contribution is 0.0751. The van der Waals surface area contributed by atoms with E-state index in [1.807, 2.05) is 24.5 Å². The van der Waals surface area contributed by atoms with Crippen LogP contribution >= 0.6 is 0 Å². The molecule has 0 radical (unpaired) electrons. The van der Waals surface area contributed by atoms with Gasteiger partial charge in [-0.05, 0) is 61.9 Å². The van der Waals surface area contributed by atoms with E-state index in [-0.39, 0.29) is 0 Å². The Morgan fingerprint density at radius 1 is 1.07 bits per heavy atom. The monoisotopic (exact) mass is 411 g/mol. The van der Waals surface area contributed by atoms with Gasteiger partial charge in [-0.1, -0.05) is 25.3 Å². The molecular formula is C25H37N3O2. The van der Waals surface area contributed by atoms with Gasteiger partial charge in [-0.2, -0.15) is 0 Å². The summed E-state index contributed by atoms with van der Waals surface area (Å²) in [7, 11) is 1.71. The second kappa shape index (κ2) is 11.1. The second-order valence-corrected chi connectivity index (χ2v) is 9.13. The zero-order valence-corrected chi connectivity index (χ0v) is 18.5. The number of furan rings is 1. The molecular weight excluding hydrogens is 374 g/mol. The summed E-state index contributed by atoms with van der Waals surface area (Å²) >= 11 is 0. The molecule has 1 aliphatic heterocycles. The van der Waals surface area contributed by atoms with Crippen LogP contribution in [0, 0.1) is 5.92 Å². The average Bonchev–Trinajstić information content (AvgIpc) is 3.22. The molecule has 2 aromatic heterocycles. The summed E-state index contributed by atoms with van der Waals surface area (Å²) in [6.45, 7) is 5.93. The van der Waals surface area contributed by atoms with Crippen LogP contribution in [0.5, 0.6) is 0 Å². The Balaban J connectivity index is 1.40. The van der Waals surface area contributed by atoms with E-state index in [2.05, 4.69) is 26.9 Å². The van der Waals surface area contributed by atoms with Gasteiger partial charge in [-0.3, -0.25) is 9.88 Å². The average molecular weight is 412 g/mol. The SMILES string of the molecule is COCc1ccc(CN(Cc2cccnc2)C[C@@H]2CCCN(C3CCCCC3)C2)o1. The Kier molecular flexibility index (Phi) is 7.95. The molecule has 0 bridgehead atoms. The van der Waals surface area contributed by atoms with Crippen LogP contribution in [0.2, 0.25) is 0 Å². The van der Waals surface area contributed by atoms with Crippen molar-refractivity contribution in [2.75, 3.05) is 26.7 Å². The fourth-order valence-electron chi connectivity index (χ4n) is 5.27. The summed E-state index contributed by atoms with van der Waals surface area (Å²) in [5.41, 5.74) is 1.26. The predicted molar refractivity (Wildman–Crippen MR) is 119 cm³/mol. The Morgan fingerprint density at radius 3 is 2.73 bits per heavy atom. The molecule has 0 aromatic carbocycles. The molecule has 2 fully saturated rings. The third kappa shape index (κ3) is 6.16. The van der Waals surface area contributed by atoms with Crippen LogP contribution in [0.4, 0.5) is 0 Å². The molecule has 0 spiro atoms. The molecule has 1 atom stereocenters. The van der Waals surface area contributed by atoms with Crippen molar-refractivity contribution in [3.05, 3.63) is 53.7 Å². The molecule has 1 aliphatic carbocycles. The van der Waals surface area contributed by atoms with Gasteiger partial charge in [0.2, 0.25) is 0 Å². The van der Waals surface area contributed by atoms with Crippen LogP contribution in [-0.4, -0.2) is 47.6 Å². The lowest BCUT2D eigenvalue weighted by Gasteiger charge is -2.41. The normalized spacial score (nSPS) is 21.3. The summed E-state index contributed by atoms with van der Waals surface area (Å²) in [6.07, 6.45) is 13.6. The van der Waals surface area contributed by atoms with Gasteiger partial charge in [-0.15, -0.1) is 0 Å². The third-order valence-electron chi connectivity index (χ3n) is 6.67. The Morgan fingerprint density at radius 2 is 1.93 bits per heavy atom.